The smallest absolute Gasteiger partial charge is 0.163 e. The molecule has 0 atom stereocenters. The standard InChI is InChI=1S/C7H11NO/c1-3-6(9)7(2)4-8-5-7/h3,8H,1,4-5H2,2H3. The molecule has 1 fully saturated rings. The summed E-state index contributed by atoms with van der Waals surface area (Å²) >= 11 is 0. The van der Waals surface area contributed by atoms with Gasteiger partial charge in [-0.1, -0.05) is 6.58 Å². The van der Waals surface area contributed by atoms with Crippen LogP contribution >= 0.6 is 0 Å². The average molecular weight is 125 g/mol. The van der Waals surface area contributed by atoms with Crippen LogP contribution < -0.4 is 5.32 Å². The van der Waals surface area contributed by atoms with Crippen LogP contribution in [0.15, 0.2) is 12.7 Å². The molecule has 1 aliphatic rings. The van der Waals surface area contributed by atoms with Crippen LogP contribution in [0.25, 0.3) is 0 Å². The molecule has 0 spiro atoms. The number of allylic oxidation sites excluding steroid dienone is 1. The Kier molecular flexibility index (Phi) is 1.41. The first-order chi connectivity index (χ1) is 4.19. The van der Waals surface area contributed by atoms with E-state index < -0.39 is 0 Å². The van der Waals surface area contributed by atoms with Crippen molar-refractivity contribution in [3.63, 3.8) is 0 Å². The zero-order valence-corrected chi connectivity index (χ0v) is 5.61. The minimum Gasteiger partial charge on any atom is -0.315 e. The monoisotopic (exact) mass is 125 g/mol. The second-order valence-electron chi connectivity index (χ2n) is 2.73. The van der Waals surface area contributed by atoms with Crippen molar-refractivity contribution in [1.82, 2.24) is 5.32 Å². The van der Waals surface area contributed by atoms with Crippen LogP contribution in [0.4, 0.5) is 0 Å². The maximum atomic E-state index is 11.0. The van der Waals surface area contributed by atoms with Gasteiger partial charge in [0.2, 0.25) is 0 Å². The van der Waals surface area contributed by atoms with Crippen LogP contribution in [0.3, 0.4) is 0 Å². The Labute approximate surface area is 54.9 Å². The van der Waals surface area contributed by atoms with Gasteiger partial charge in [-0.3, -0.25) is 4.79 Å². The summed E-state index contributed by atoms with van der Waals surface area (Å²) < 4.78 is 0. The molecule has 0 bridgehead atoms. The van der Waals surface area contributed by atoms with Crippen molar-refractivity contribution >= 4 is 5.78 Å². The van der Waals surface area contributed by atoms with Gasteiger partial charge in [0.25, 0.3) is 0 Å². The predicted octanol–water partition coefficient (Wildman–Crippen LogP) is 0.351. The third-order valence-electron chi connectivity index (χ3n) is 1.81. The first kappa shape index (κ1) is 6.49. The van der Waals surface area contributed by atoms with Gasteiger partial charge in [-0.15, -0.1) is 0 Å². The summed E-state index contributed by atoms with van der Waals surface area (Å²) in [5.74, 6) is 0.154. The first-order valence-electron chi connectivity index (χ1n) is 3.07. The van der Waals surface area contributed by atoms with Crippen molar-refractivity contribution < 1.29 is 4.79 Å². The number of hydrogen-bond donors (Lipinski definition) is 1. The lowest BCUT2D eigenvalue weighted by atomic mass is 9.80. The molecule has 1 heterocycles. The molecule has 0 aliphatic carbocycles. The molecule has 2 nitrogen and oxygen atoms in total. The molecule has 0 aromatic heterocycles. The van der Waals surface area contributed by atoms with Crippen LogP contribution in [-0.4, -0.2) is 18.9 Å². The van der Waals surface area contributed by atoms with Gasteiger partial charge in [0.15, 0.2) is 5.78 Å². The zero-order chi connectivity index (χ0) is 6.91. The maximum Gasteiger partial charge on any atom is 0.163 e. The highest BCUT2D eigenvalue weighted by molar-refractivity contribution is 5.95. The van der Waals surface area contributed by atoms with E-state index in [0.717, 1.165) is 13.1 Å². The van der Waals surface area contributed by atoms with Crippen LogP contribution in [0.1, 0.15) is 6.92 Å². The second kappa shape index (κ2) is 1.95. The van der Waals surface area contributed by atoms with Crippen LogP contribution in [0, 0.1) is 5.41 Å². The fraction of sp³-hybridized carbons (Fsp3) is 0.571. The molecule has 0 aromatic carbocycles. The van der Waals surface area contributed by atoms with E-state index >= 15 is 0 Å². The maximum absolute atomic E-state index is 11.0. The summed E-state index contributed by atoms with van der Waals surface area (Å²) in [7, 11) is 0. The summed E-state index contributed by atoms with van der Waals surface area (Å²) in [5, 5.41) is 3.05. The Bertz CT molecular complexity index is 147. The SMILES string of the molecule is C=CC(=O)C1(C)CNC1. The van der Waals surface area contributed by atoms with Gasteiger partial charge in [0.1, 0.15) is 0 Å². The molecular formula is C7H11NO. The van der Waals surface area contributed by atoms with E-state index in [1.54, 1.807) is 0 Å². The molecule has 1 N–H and O–H groups in total. The second-order valence-corrected chi connectivity index (χ2v) is 2.73. The van der Waals surface area contributed by atoms with Crippen molar-refractivity contribution in [2.45, 2.75) is 6.92 Å². The average Bonchev–Trinajstić information content (AvgIpc) is 1.81. The third kappa shape index (κ3) is 0.900. The summed E-state index contributed by atoms with van der Waals surface area (Å²) in [5.41, 5.74) is -0.137. The largest absolute Gasteiger partial charge is 0.315 e. The molecule has 50 valence electrons. The van der Waals surface area contributed by atoms with Gasteiger partial charge in [-0.25, -0.2) is 0 Å². The number of nitrogens with one attached hydrogen (secondary N) is 1. The molecule has 2 heteroatoms. The molecule has 0 aromatic rings. The predicted molar refractivity (Wildman–Crippen MR) is 36.2 cm³/mol. The Balaban J connectivity index is 2.58. The van der Waals surface area contributed by atoms with Gasteiger partial charge in [-0.2, -0.15) is 0 Å². The van der Waals surface area contributed by atoms with Crippen molar-refractivity contribution in [3.05, 3.63) is 12.7 Å². The van der Waals surface area contributed by atoms with Gasteiger partial charge in [0.05, 0.1) is 5.41 Å². The van der Waals surface area contributed by atoms with E-state index in [9.17, 15) is 4.79 Å². The number of carbonyl (C=O) groups excluding carboxylic acids is 1. The van der Waals surface area contributed by atoms with Gasteiger partial charge in [0, 0.05) is 13.1 Å². The van der Waals surface area contributed by atoms with Crippen molar-refractivity contribution in [1.29, 1.82) is 0 Å². The fourth-order valence-corrected chi connectivity index (χ4v) is 0.921. The molecule has 0 amide bonds. The van der Waals surface area contributed by atoms with Crippen molar-refractivity contribution in [3.8, 4) is 0 Å². The topological polar surface area (TPSA) is 29.1 Å². The van der Waals surface area contributed by atoms with E-state index in [4.69, 9.17) is 0 Å². The van der Waals surface area contributed by atoms with E-state index in [-0.39, 0.29) is 11.2 Å². The fourth-order valence-electron chi connectivity index (χ4n) is 0.921. The van der Waals surface area contributed by atoms with E-state index in [1.807, 2.05) is 6.92 Å². The normalized spacial score (nSPS) is 22.3. The van der Waals surface area contributed by atoms with E-state index in [1.165, 1.54) is 6.08 Å². The highest BCUT2D eigenvalue weighted by Crippen LogP contribution is 2.22. The molecule has 1 aliphatic heterocycles. The number of rotatable bonds is 2. The van der Waals surface area contributed by atoms with Gasteiger partial charge < -0.3 is 5.32 Å². The third-order valence-corrected chi connectivity index (χ3v) is 1.81. The molecule has 0 unspecified atom stereocenters. The number of carbonyl (C=O) groups is 1. The Morgan fingerprint density at radius 3 is 2.44 bits per heavy atom. The summed E-state index contributed by atoms with van der Waals surface area (Å²) in [6.45, 7) is 6.99. The zero-order valence-electron chi connectivity index (χ0n) is 5.61. The number of hydrogen-bond acceptors (Lipinski definition) is 2. The van der Waals surface area contributed by atoms with Crippen molar-refractivity contribution in [2.75, 3.05) is 13.1 Å². The van der Waals surface area contributed by atoms with Crippen LogP contribution in [-0.2, 0) is 4.79 Å². The number of ketones is 1. The highest BCUT2D eigenvalue weighted by Gasteiger charge is 2.36. The lowest BCUT2D eigenvalue weighted by Gasteiger charge is -2.36. The minimum absolute atomic E-state index is 0.137. The highest BCUT2D eigenvalue weighted by atomic mass is 16.1. The van der Waals surface area contributed by atoms with E-state index in [2.05, 4.69) is 11.9 Å². The van der Waals surface area contributed by atoms with E-state index in [0.29, 0.717) is 0 Å². The van der Waals surface area contributed by atoms with Crippen LogP contribution in [0.2, 0.25) is 0 Å². The van der Waals surface area contributed by atoms with Crippen molar-refractivity contribution in [2.24, 2.45) is 5.41 Å². The Hall–Kier alpha value is -0.630. The lowest BCUT2D eigenvalue weighted by molar-refractivity contribution is -0.125. The Morgan fingerprint density at radius 2 is 2.33 bits per heavy atom. The molecular weight excluding hydrogens is 114 g/mol. The lowest BCUT2D eigenvalue weighted by Crippen LogP contribution is -2.55. The Morgan fingerprint density at radius 1 is 1.78 bits per heavy atom. The summed E-state index contributed by atoms with van der Waals surface area (Å²) in [6, 6.07) is 0. The first-order valence-corrected chi connectivity index (χ1v) is 3.07. The quantitative estimate of drug-likeness (QED) is 0.539. The summed E-state index contributed by atoms with van der Waals surface area (Å²) in [6.07, 6.45) is 1.40. The molecule has 1 rings (SSSR count). The molecule has 9 heavy (non-hydrogen) atoms. The van der Waals surface area contributed by atoms with Gasteiger partial charge >= 0.3 is 0 Å². The molecule has 1 saturated heterocycles. The minimum atomic E-state index is -0.137. The molecule has 0 saturated carbocycles. The summed E-state index contributed by atoms with van der Waals surface area (Å²) in [4.78, 5) is 11.0. The molecule has 0 radical (unpaired) electrons. The van der Waals surface area contributed by atoms with Gasteiger partial charge in [-0.05, 0) is 13.0 Å². The van der Waals surface area contributed by atoms with Crippen LogP contribution in [0.5, 0.6) is 0 Å².